The fourth-order valence-electron chi connectivity index (χ4n) is 3.69. The van der Waals surface area contributed by atoms with Crippen molar-refractivity contribution < 1.29 is 17.5 Å². The number of halogens is 2. The van der Waals surface area contributed by atoms with Crippen molar-refractivity contribution in [2.75, 3.05) is 26.7 Å². The van der Waals surface area contributed by atoms with Crippen LogP contribution in [0.2, 0.25) is 5.02 Å². The number of hydrogen-bond donors (Lipinski definition) is 1. The van der Waals surface area contributed by atoms with Crippen LogP contribution in [0.15, 0.2) is 47.4 Å². The zero-order valence-corrected chi connectivity index (χ0v) is 18.0. The number of nitrogens with zero attached hydrogens (tertiary/aromatic N) is 1. The van der Waals surface area contributed by atoms with E-state index in [0.717, 1.165) is 44.3 Å². The summed E-state index contributed by atoms with van der Waals surface area (Å²) >= 11 is 5.87. The van der Waals surface area contributed by atoms with Gasteiger partial charge in [-0.25, -0.2) is 17.5 Å². The van der Waals surface area contributed by atoms with Crippen molar-refractivity contribution in [3.05, 3.63) is 58.9 Å². The van der Waals surface area contributed by atoms with Crippen LogP contribution >= 0.6 is 11.6 Å². The Balaban J connectivity index is 1.88. The van der Waals surface area contributed by atoms with Gasteiger partial charge in [0.25, 0.3) is 0 Å². The standard InChI is InChI=1S/C21H26ClFN2O3S/c1-28-21-14-17(23)8-11-19(21)20(25-12-4-2-3-5-13-25)15-24-29(26,27)18-9-6-16(22)7-10-18/h6-11,14,20,24H,2-5,12-13,15H2,1H3. The van der Waals surface area contributed by atoms with Gasteiger partial charge in [0, 0.05) is 23.2 Å². The molecular formula is C21H26ClFN2O3S. The Kier molecular flexibility index (Phi) is 7.51. The predicted octanol–water partition coefficient (Wildman–Crippen LogP) is 4.38. The van der Waals surface area contributed by atoms with E-state index in [4.69, 9.17) is 16.3 Å². The second-order valence-corrected chi connectivity index (χ2v) is 9.36. The van der Waals surface area contributed by atoms with Crippen LogP contribution in [0.5, 0.6) is 5.75 Å². The van der Waals surface area contributed by atoms with E-state index in [0.29, 0.717) is 10.8 Å². The highest BCUT2D eigenvalue weighted by Crippen LogP contribution is 2.32. The quantitative estimate of drug-likeness (QED) is 0.694. The molecule has 2 aromatic rings. The molecule has 0 radical (unpaired) electrons. The fraction of sp³-hybridized carbons (Fsp3) is 0.429. The van der Waals surface area contributed by atoms with Gasteiger partial charge in [-0.1, -0.05) is 30.5 Å². The molecular weight excluding hydrogens is 415 g/mol. The summed E-state index contributed by atoms with van der Waals surface area (Å²) in [5, 5.41) is 0.474. The minimum Gasteiger partial charge on any atom is -0.496 e. The topological polar surface area (TPSA) is 58.6 Å². The Hall–Kier alpha value is -1.67. The summed E-state index contributed by atoms with van der Waals surface area (Å²) in [7, 11) is -2.21. The van der Waals surface area contributed by atoms with Crippen LogP contribution in [-0.4, -0.2) is 40.1 Å². The first kappa shape index (κ1) is 22.0. The molecule has 0 bridgehead atoms. The molecule has 3 rings (SSSR count). The molecule has 0 aliphatic carbocycles. The summed E-state index contributed by atoms with van der Waals surface area (Å²) < 4.78 is 47.4. The third-order valence-electron chi connectivity index (χ3n) is 5.23. The maximum atomic E-state index is 13.7. The van der Waals surface area contributed by atoms with Crippen LogP contribution < -0.4 is 9.46 Å². The van der Waals surface area contributed by atoms with Crippen LogP contribution in [0.25, 0.3) is 0 Å². The second-order valence-electron chi connectivity index (χ2n) is 7.16. The fourth-order valence-corrected chi connectivity index (χ4v) is 4.85. The van der Waals surface area contributed by atoms with E-state index in [1.807, 2.05) is 0 Å². The van der Waals surface area contributed by atoms with Gasteiger partial charge in [-0.3, -0.25) is 4.90 Å². The van der Waals surface area contributed by atoms with Crippen LogP contribution in [-0.2, 0) is 10.0 Å². The van der Waals surface area contributed by atoms with E-state index in [1.165, 1.54) is 31.4 Å². The third-order valence-corrected chi connectivity index (χ3v) is 6.92. The number of methoxy groups -OCH3 is 1. The summed E-state index contributed by atoms with van der Waals surface area (Å²) in [4.78, 5) is 2.41. The third kappa shape index (κ3) is 5.69. The molecule has 0 saturated carbocycles. The maximum Gasteiger partial charge on any atom is 0.240 e. The van der Waals surface area contributed by atoms with Crippen molar-refractivity contribution in [1.29, 1.82) is 0 Å². The smallest absolute Gasteiger partial charge is 0.240 e. The van der Waals surface area contributed by atoms with Crippen molar-refractivity contribution in [2.45, 2.75) is 36.6 Å². The molecule has 1 N–H and O–H groups in total. The summed E-state index contributed by atoms with van der Waals surface area (Å²) in [6.07, 6.45) is 4.40. The monoisotopic (exact) mass is 440 g/mol. The average Bonchev–Trinajstić information content (AvgIpc) is 2.98. The lowest BCUT2D eigenvalue weighted by Gasteiger charge is -2.32. The number of hydrogen-bond acceptors (Lipinski definition) is 4. The van der Waals surface area contributed by atoms with Crippen molar-refractivity contribution in [2.24, 2.45) is 0 Å². The number of likely N-dealkylation sites (tertiary alicyclic amines) is 1. The highest BCUT2D eigenvalue weighted by atomic mass is 35.5. The van der Waals surface area contributed by atoms with Gasteiger partial charge in [0.15, 0.2) is 0 Å². The van der Waals surface area contributed by atoms with Gasteiger partial charge in [-0.05, 0) is 56.3 Å². The van der Waals surface area contributed by atoms with E-state index in [-0.39, 0.29) is 23.3 Å². The Morgan fingerprint density at radius 2 is 1.76 bits per heavy atom. The van der Waals surface area contributed by atoms with E-state index in [1.54, 1.807) is 18.2 Å². The lowest BCUT2D eigenvalue weighted by atomic mass is 10.0. The van der Waals surface area contributed by atoms with Gasteiger partial charge < -0.3 is 4.74 Å². The molecule has 1 saturated heterocycles. The van der Waals surface area contributed by atoms with E-state index >= 15 is 0 Å². The van der Waals surface area contributed by atoms with Gasteiger partial charge in [0.1, 0.15) is 11.6 Å². The van der Waals surface area contributed by atoms with Crippen molar-refractivity contribution in [3.8, 4) is 5.75 Å². The highest BCUT2D eigenvalue weighted by molar-refractivity contribution is 7.89. The molecule has 2 aromatic carbocycles. The number of rotatable bonds is 7. The average molecular weight is 441 g/mol. The number of sulfonamides is 1. The van der Waals surface area contributed by atoms with Gasteiger partial charge in [0.2, 0.25) is 10.0 Å². The summed E-state index contributed by atoms with van der Waals surface area (Å²) in [5.41, 5.74) is 0.773. The summed E-state index contributed by atoms with van der Waals surface area (Å²) in [5.74, 6) is 0.0342. The van der Waals surface area contributed by atoms with Gasteiger partial charge >= 0.3 is 0 Å². The zero-order chi connectivity index (χ0) is 20.9. The molecule has 1 atom stereocenters. The predicted molar refractivity (Wildman–Crippen MR) is 112 cm³/mol. The van der Waals surface area contributed by atoms with Gasteiger partial charge in [0.05, 0.1) is 18.0 Å². The molecule has 5 nitrogen and oxygen atoms in total. The molecule has 158 valence electrons. The van der Waals surface area contributed by atoms with Crippen LogP contribution in [0.1, 0.15) is 37.3 Å². The summed E-state index contributed by atoms with van der Waals surface area (Å²) in [6, 6.07) is 10.2. The van der Waals surface area contributed by atoms with Crippen molar-refractivity contribution >= 4 is 21.6 Å². The minimum absolute atomic E-state index is 0.155. The van der Waals surface area contributed by atoms with Crippen LogP contribution in [0, 0.1) is 5.82 Å². The maximum absolute atomic E-state index is 13.7. The summed E-state index contributed by atoms with van der Waals surface area (Å²) in [6.45, 7) is 1.87. The molecule has 1 aliphatic rings. The van der Waals surface area contributed by atoms with Crippen LogP contribution in [0.3, 0.4) is 0 Å². The molecule has 8 heteroatoms. The second kappa shape index (κ2) is 9.89. The van der Waals surface area contributed by atoms with E-state index < -0.39 is 10.0 Å². The molecule has 1 fully saturated rings. The molecule has 0 aromatic heterocycles. The molecule has 1 heterocycles. The first-order chi connectivity index (χ1) is 13.9. The number of benzene rings is 2. The number of ether oxygens (including phenoxy) is 1. The van der Waals surface area contributed by atoms with Crippen molar-refractivity contribution in [3.63, 3.8) is 0 Å². The van der Waals surface area contributed by atoms with Gasteiger partial charge in [-0.15, -0.1) is 0 Å². The minimum atomic E-state index is -3.71. The zero-order valence-electron chi connectivity index (χ0n) is 16.4. The number of nitrogens with one attached hydrogen (secondary N) is 1. The van der Waals surface area contributed by atoms with Crippen LogP contribution in [0.4, 0.5) is 4.39 Å². The molecule has 0 spiro atoms. The Morgan fingerprint density at radius 1 is 1.10 bits per heavy atom. The molecule has 1 aliphatic heterocycles. The highest BCUT2D eigenvalue weighted by Gasteiger charge is 2.27. The van der Waals surface area contributed by atoms with Crippen molar-refractivity contribution in [1.82, 2.24) is 9.62 Å². The molecule has 1 unspecified atom stereocenters. The molecule has 29 heavy (non-hydrogen) atoms. The normalized spacial score (nSPS) is 16.9. The first-order valence-electron chi connectivity index (χ1n) is 9.73. The Labute approximate surface area is 176 Å². The largest absolute Gasteiger partial charge is 0.496 e. The molecule has 0 amide bonds. The first-order valence-corrected chi connectivity index (χ1v) is 11.6. The Morgan fingerprint density at radius 3 is 2.38 bits per heavy atom. The van der Waals surface area contributed by atoms with Gasteiger partial charge in [-0.2, -0.15) is 0 Å². The lowest BCUT2D eigenvalue weighted by molar-refractivity contribution is 0.202. The van der Waals surface area contributed by atoms with E-state index in [2.05, 4.69) is 9.62 Å². The Bertz CT molecular complexity index is 914. The van der Waals surface area contributed by atoms with E-state index in [9.17, 15) is 12.8 Å². The SMILES string of the molecule is COc1cc(F)ccc1C(CNS(=O)(=O)c1ccc(Cl)cc1)N1CCCCCC1. The lowest BCUT2D eigenvalue weighted by Crippen LogP contribution is -2.38.